The van der Waals surface area contributed by atoms with Crippen molar-refractivity contribution in [3.05, 3.63) is 11.8 Å². The Morgan fingerprint density at radius 2 is 2.33 bits per heavy atom. The zero-order chi connectivity index (χ0) is 9.19. The third kappa shape index (κ3) is 2.05. The highest BCUT2D eigenvalue weighted by atomic mass is 32.2. The molecule has 0 atom stereocenters. The molecule has 1 aromatic heterocycles. The average Bonchev–Trinajstić information content (AvgIpc) is 2.35. The van der Waals surface area contributed by atoms with E-state index < -0.39 is 9.84 Å². The van der Waals surface area contributed by atoms with Crippen LogP contribution in [0.5, 0.6) is 0 Å². The van der Waals surface area contributed by atoms with Gasteiger partial charge in [-0.1, -0.05) is 5.16 Å². The molecular weight excluding hydrogens is 180 g/mol. The van der Waals surface area contributed by atoms with Gasteiger partial charge in [-0.25, -0.2) is 8.42 Å². The van der Waals surface area contributed by atoms with Gasteiger partial charge in [-0.05, 0) is 6.54 Å². The van der Waals surface area contributed by atoms with Crippen LogP contribution in [0.25, 0.3) is 0 Å². The van der Waals surface area contributed by atoms with E-state index in [4.69, 9.17) is 10.3 Å². The summed E-state index contributed by atoms with van der Waals surface area (Å²) in [4.78, 5) is 0. The van der Waals surface area contributed by atoms with Crippen LogP contribution in [-0.4, -0.2) is 26.4 Å². The van der Waals surface area contributed by atoms with Gasteiger partial charge in [-0.3, -0.25) is 0 Å². The summed E-state index contributed by atoms with van der Waals surface area (Å²) in [5.41, 5.74) is 5.24. The second-order valence-corrected chi connectivity index (χ2v) is 4.40. The number of rotatable bonds is 3. The van der Waals surface area contributed by atoms with Gasteiger partial charge in [-0.2, -0.15) is 0 Å². The van der Waals surface area contributed by atoms with Gasteiger partial charge in [-0.15, -0.1) is 0 Å². The van der Waals surface area contributed by atoms with Crippen LogP contribution in [-0.2, 0) is 16.3 Å². The van der Waals surface area contributed by atoms with Crippen molar-refractivity contribution in [1.82, 2.24) is 5.16 Å². The Morgan fingerprint density at radius 3 is 2.75 bits per heavy atom. The number of hydrogen-bond acceptors (Lipinski definition) is 5. The molecule has 0 fully saturated rings. The van der Waals surface area contributed by atoms with Gasteiger partial charge in [0.2, 0.25) is 0 Å². The summed E-state index contributed by atoms with van der Waals surface area (Å²) in [6, 6.07) is 1.39. The maximum Gasteiger partial charge on any atom is 0.198 e. The fourth-order valence-corrected chi connectivity index (χ4v) is 1.25. The molecule has 0 aliphatic rings. The van der Waals surface area contributed by atoms with Gasteiger partial charge in [0, 0.05) is 18.7 Å². The van der Waals surface area contributed by atoms with Crippen LogP contribution in [0.3, 0.4) is 0 Å². The minimum absolute atomic E-state index is 0.0362. The molecule has 2 N–H and O–H groups in total. The summed E-state index contributed by atoms with van der Waals surface area (Å²) in [6.07, 6.45) is 1.58. The van der Waals surface area contributed by atoms with E-state index in [2.05, 4.69) is 5.16 Å². The van der Waals surface area contributed by atoms with Gasteiger partial charge in [0.05, 0.1) is 0 Å². The van der Waals surface area contributed by atoms with E-state index in [9.17, 15) is 8.42 Å². The van der Waals surface area contributed by atoms with Crippen molar-refractivity contribution in [2.45, 2.75) is 11.4 Å². The number of nitrogens with two attached hydrogens (primary N) is 1. The van der Waals surface area contributed by atoms with Crippen LogP contribution in [0.2, 0.25) is 0 Å². The van der Waals surface area contributed by atoms with E-state index >= 15 is 0 Å². The molecule has 0 bridgehead atoms. The monoisotopic (exact) mass is 190 g/mol. The molecule has 12 heavy (non-hydrogen) atoms. The molecule has 0 aliphatic carbocycles. The summed E-state index contributed by atoms with van der Waals surface area (Å²) in [7, 11) is -3.25. The van der Waals surface area contributed by atoms with Gasteiger partial charge < -0.3 is 10.3 Å². The molecule has 6 heteroatoms. The summed E-state index contributed by atoms with van der Waals surface area (Å²) in [6.45, 7) is 0.415. The fourth-order valence-electron chi connectivity index (χ4n) is 0.729. The minimum Gasteiger partial charge on any atom is -0.360 e. The Labute approximate surface area is 70.5 Å². The first-order valence-corrected chi connectivity index (χ1v) is 5.29. The third-order valence-corrected chi connectivity index (χ3v) is 2.26. The van der Waals surface area contributed by atoms with Crippen molar-refractivity contribution >= 4 is 9.84 Å². The van der Waals surface area contributed by atoms with Crippen molar-refractivity contribution in [1.29, 1.82) is 0 Å². The summed E-state index contributed by atoms with van der Waals surface area (Å²) >= 11 is 0. The predicted molar refractivity (Wildman–Crippen MR) is 42.4 cm³/mol. The SMILES string of the molecule is CS(=O)(=O)c1cc(CCN)on1. The van der Waals surface area contributed by atoms with E-state index in [1.165, 1.54) is 6.07 Å². The van der Waals surface area contributed by atoms with E-state index in [1.54, 1.807) is 0 Å². The lowest BCUT2D eigenvalue weighted by atomic mass is 10.3. The van der Waals surface area contributed by atoms with Crippen molar-refractivity contribution in [2.24, 2.45) is 5.73 Å². The van der Waals surface area contributed by atoms with E-state index in [-0.39, 0.29) is 5.03 Å². The quantitative estimate of drug-likeness (QED) is 0.699. The molecular formula is C6H10N2O3S. The molecule has 1 aromatic rings. The molecule has 0 spiro atoms. The average molecular weight is 190 g/mol. The summed E-state index contributed by atoms with van der Waals surface area (Å²) in [5, 5.41) is 3.35. The summed E-state index contributed by atoms with van der Waals surface area (Å²) in [5.74, 6) is 0.498. The largest absolute Gasteiger partial charge is 0.360 e. The smallest absolute Gasteiger partial charge is 0.198 e. The van der Waals surface area contributed by atoms with Crippen molar-refractivity contribution < 1.29 is 12.9 Å². The molecule has 0 saturated heterocycles. The van der Waals surface area contributed by atoms with Crippen LogP contribution in [0.1, 0.15) is 5.76 Å². The van der Waals surface area contributed by atoms with E-state index in [0.29, 0.717) is 18.7 Å². The number of hydrogen-bond donors (Lipinski definition) is 1. The highest BCUT2D eigenvalue weighted by Gasteiger charge is 2.12. The lowest BCUT2D eigenvalue weighted by molar-refractivity contribution is 0.370. The van der Waals surface area contributed by atoms with Crippen molar-refractivity contribution in [2.75, 3.05) is 12.8 Å². The molecule has 0 aromatic carbocycles. The maximum atomic E-state index is 10.9. The van der Waals surface area contributed by atoms with E-state index in [0.717, 1.165) is 6.26 Å². The van der Waals surface area contributed by atoms with Crippen molar-refractivity contribution in [3.63, 3.8) is 0 Å². The Hall–Kier alpha value is -0.880. The first-order chi connectivity index (χ1) is 5.54. The van der Waals surface area contributed by atoms with Crippen LogP contribution in [0.4, 0.5) is 0 Å². The van der Waals surface area contributed by atoms with Gasteiger partial charge in [0.15, 0.2) is 14.9 Å². The second-order valence-electron chi connectivity index (χ2n) is 2.44. The van der Waals surface area contributed by atoms with E-state index in [1.807, 2.05) is 0 Å². The zero-order valence-electron chi connectivity index (χ0n) is 6.65. The van der Waals surface area contributed by atoms with Gasteiger partial charge in [0.25, 0.3) is 0 Å². The first-order valence-electron chi connectivity index (χ1n) is 3.40. The van der Waals surface area contributed by atoms with Crippen LogP contribution < -0.4 is 5.73 Å². The van der Waals surface area contributed by atoms with Crippen molar-refractivity contribution in [3.8, 4) is 0 Å². The van der Waals surface area contributed by atoms with Gasteiger partial charge in [0.1, 0.15) is 5.76 Å². The van der Waals surface area contributed by atoms with Gasteiger partial charge >= 0.3 is 0 Å². The third-order valence-electron chi connectivity index (χ3n) is 1.31. The predicted octanol–water partition coefficient (Wildman–Crippen LogP) is -0.421. The Kier molecular flexibility index (Phi) is 2.49. The molecule has 0 radical (unpaired) electrons. The zero-order valence-corrected chi connectivity index (χ0v) is 7.47. The molecule has 1 heterocycles. The normalized spacial score (nSPS) is 11.8. The number of nitrogens with zero attached hydrogens (tertiary/aromatic N) is 1. The molecule has 1 rings (SSSR count). The molecule has 0 saturated carbocycles. The summed E-state index contributed by atoms with van der Waals surface area (Å²) < 4.78 is 26.5. The maximum absolute atomic E-state index is 10.9. The first kappa shape index (κ1) is 9.21. The Bertz CT molecular complexity index is 355. The topological polar surface area (TPSA) is 86.2 Å². The highest BCUT2D eigenvalue weighted by molar-refractivity contribution is 7.90. The fraction of sp³-hybridized carbons (Fsp3) is 0.500. The van der Waals surface area contributed by atoms with Crippen LogP contribution >= 0.6 is 0 Å². The second kappa shape index (κ2) is 3.24. The minimum atomic E-state index is -3.25. The van der Waals surface area contributed by atoms with Crippen LogP contribution in [0.15, 0.2) is 15.6 Å². The Morgan fingerprint density at radius 1 is 1.67 bits per heavy atom. The highest BCUT2D eigenvalue weighted by Crippen LogP contribution is 2.09. The molecule has 5 nitrogen and oxygen atoms in total. The molecule has 0 unspecified atom stereocenters. The van der Waals surface area contributed by atoms with Crippen LogP contribution in [0, 0.1) is 0 Å². The lowest BCUT2D eigenvalue weighted by Crippen LogP contribution is -2.01. The number of aromatic nitrogens is 1. The molecule has 68 valence electrons. The Balaban J connectivity index is 2.92. The number of sulfone groups is 1. The standard InChI is InChI=1S/C6H10N2O3S/c1-12(9,10)6-4-5(2-3-7)11-8-6/h4H,2-3,7H2,1H3. The lowest BCUT2D eigenvalue weighted by Gasteiger charge is -1.85. The molecule has 0 amide bonds. The molecule has 0 aliphatic heterocycles.